The van der Waals surface area contributed by atoms with Gasteiger partial charge >= 0.3 is 0 Å². The minimum absolute atomic E-state index is 0.00782. The Morgan fingerprint density at radius 1 is 1.36 bits per heavy atom. The summed E-state index contributed by atoms with van der Waals surface area (Å²) in [5.74, 6) is 1.84. The van der Waals surface area contributed by atoms with E-state index in [4.69, 9.17) is 4.74 Å². The van der Waals surface area contributed by atoms with Gasteiger partial charge in [-0.3, -0.25) is 14.4 Å². The summed E-state index contributed by atoms with van der Waals surface area (Å²) in [4.78, 5) is 18.6. The van der Waals surface area contributed by atoms with Crippen molar-refractivity contribution in [3.05, 3.63) is 11.6 Å². The van der Waals surface area contributed by atoms with E-state index >= 15 is 0 Å². The first-order chi connectivity index (χ1) is 10.6. The molecule has 22 heavy (non-hydrogen) atoms. The first-order valence-corrected chi connectivity index (χ1v) is 8.02. The normalized spacial score (nSPS) is 17.4. The topological polar surface area (TPSA) is 72.3 Å². The average molecular weight is 309 g/mol. The van der Waals surface area contributed by atoms with E-state index in [0.29, 0.717) is 6.54 Å². The number of carbonyl (C=O) groups is 1. The predicted molar refractivity (Wildman–Crippen MR) is 83.5 cm³/mol. The van der Waals surface area contributed by atoms with E-state index in [-0.39, 0.29) is 11.8 Å². The van der Waals surface area contributed by atoms with Gasteiger partial charge in [0.2, 0.25) is 5.91 Å². The van der Waals surface area contributed by atoms with Crippen molar-refractivity contribution < 1.29 is 9.53 Å². The van der Waals surface area contributed by atoms with Gasteiger partial charge in [0.15, 0.2) is 0 Å². The molecule has 0 spiro atoms. The average Bonchev–Trinajstić information content (AvgIpc) is 2.82. The maximum absolute atomic E-state index is 12.1. The van der Waals surface area contributed by atoms with Crippen LogP contribution in [0.5, 0.6) is 0 Å². The van der Waals surface area contributed by atoms with E-state index in [1.54, 1.807) is 0 Å². The predicted octanol–water partition coefficient (Wildman–Crippen LogP) is 0.370. The zero-order valence-corrected chi connectivity index (χ0v) is 13.8. The molecule has 0 aliphatic carbocycles. The van der Waals surface area contributed by atoms with Crippen LogP contribution in [0.25, 0.3) is 0 Å². The van der Waals surface area contributed by atoms with Gasteiger partial charge in [0, 0.05) is 38.6 Å². The monoisotopic (exact) mass is 309 g/mol. The Hall–Kier alpha value is -1.47. The van der Waals surface area contributed by atoms with Gasteiger partial charge in [-0.2, -0.15) is 5.10 Å². The largest absolute Gasteiger partial charge is 0.379 e. The molecule has 7 nitrogen and oxygen atoms in total. The molecule has 1 saturated heterocycles. The summed E-state index contributed by atoms with van der Waals surface area (Å²) in [5.41, 5.74) is 0. The number of ether oxygens (including phenoxy) is 1. The first kappa shape index (κ1) is 16.9. The van der Waals surface area contributed by atoms with Crippen molar-refractivity contribution in [1.82, 2.24) is 25.0 Å². The lowest BCUT2D eigenvalue weighted by Crippen LogP contribution is -2.43. The highest BCUT2D eigenvalue weighted by molar-refractivity contribution is 5.78. The first-order valence-electron chi connectivity index (χ1n) is 8.02. The highest BCUT2D eigenvalue weighted by atomic mass is 16.5. The number of carbonyl (C=O) groups excluding carboxylic acids is 1. The Labute approximate surface area is 132 Å². The summed E-state index contributed by atoms with van der Waals surface area (Å²) < 4.78 is 7.21. The molecule has 0 saturated carbocycles. The molecule has 1 unspecified atom stereocenters. The third-order valence-corrected chi connectivity index (χ3v) is 3.89. The fourth-order valence-corrected chi connectivity index (χ4v) is 2.64. The number of rotatable bonds is 7. The molecule has 1 atom stereocenters. The number of amides is 1. The molecule has 1 amide bonds. The van der Waals surface area contributed by atoms with Crippen LogP contribution in [-0.4, -0.2) is 65.0 Å². The van der Waals surface area contributed by atoms with Crippen LogP contribution in [0.3, 0.4) is 0 Å². The van der Waals surface area contributed by atoms with Crippen LogP contribution in [0.4, 0.5) is 0 Å². The smallest absolute Gasteiger partial charge is 0.224 e. The van der Waals surface area contributed by atoms with Crippen molar-refractivity contribution in [2.24, 2.45) is 5.92 Å². The highest BCUT2D eigenvalue weighted by Gasteiger charge is 2.18. The van der Waals surface area contributed by atoms with Crippen LogP contribution in [0.15, 0.2) is 0 Å². The second kappa shape index (κ2) is 8.24. The Bertz CT molecular complexity index is 482. The van der Waals surface area contributed by atoms with Crippen molar-refractivity contribution in [3.63, 3.8) is 0 Å². The van der Waals surface area contributed by atoms with Crippen LogP contribution >= 0.6 is 0 Å². The summed E-state index contributed by atoms with van der Waals surface area (Å²) in [6, 6.07) is 0. The number of aromatic nitrogens is 3. The van der Waals surface area contributed by atoms with Crippen LogP contribution < -0.4 is 5.32 Å². The van der Waals surface area contributed by atoms with Gasteiger partial charge in [0.25, 0.3) is 0 Å². The number of nitrogens with one attached hydrogen (secondary N) is 1. The molecule has 1 aliphatic rings. The van der Waals surface area contributed by atoms with E-state index in [2.05, 4.69) is 20.3 Å². The van der Waals surface area contributed by atoms with Crippen LogP contribution in [0, 0.1) is 19.8 Å². The van der Waals surface area contributed by atoms with Gasteiger partial charge in [-0.25, -0.2) is 4.98 Å². The van der Waals surface area contributed by atoms with Crippen LogP contribution in [0.2, 0.25) is 0 Å². The molecule has 2 heterocycles. The molecule has 1 aliphatic heterocycles. The Balaban J connectivity index is 1.63. The molecule has 1 aromatic heterocycles. The SMILES string of the molecule is Cc1nc(C)n(CCCNC(=O)C(C)CN2CCOCC2)n1. The quantitative estimate of drug-likeness (QED) is 0.737. The minimum Gasteiger partial charge on any atom is -0.379 e. The number of morpholine rings is 1. The van der Waals surface area contributed by atoms with Gasteiger partial charge < -0.3 is 10.1 Å². The maximum Gasteiger partial charge on any atom is 0.224 e. The molecule has 0 radical (unpaired) electrons. The molecule has 0 bridgehead atoms. The van der Waals surface area contributed by atoms with E-state index in [9.17, 15) is 4.79 Å². The molecular weight excluding hydrogens is 282 g/mol. The van der Waals surface area contributed by atoms with Gasteiger partial charge in [0.1, 0.15) is 11.6 Å². The third-order valence-electron chi connectivity index (χ3n) is 3.89. The number of aryl methyl sites for hydroxylation is 3. The molecule has 1 fully saturated rings. The lowest BCUT2D eigenvalue weighted by molar-refractivity contribution is -0.125. The van der Waals surface area contributed by atoms with Crippen molar-refractivity contribution >= 4 is 5.91 Å². The fourth-order valence-electron chi connectivity index (χ4n) is 2.64. The fraction of sp³-hybridized carbons (Fsp3) is 0.800. The zero-order valence-electron chi connectivity index (χ0n) is 13.8. The molecule has 1 aromatic rings. The summed E-state index contributed by atoms with van der Waals surface area (Å²) in [7, 11) is 0. The second-order valence-electron chi connectivity index (χ2n) is 5.89. The zero-order chi connectivity index (χ0) is 15.9. The molecule has 124 valence electrons. The maximum atomic E-state index is 12.1. The Kier molecular flexibility index (Phi) is 6.33. The summed E-state index contributed by atoms with van der Waals surface area (Å²) in [6.45, 7) is 11.4. The van der Waals surface area contributed by atoms with E-state index < -0.39 is 0 Å². The number of hydrogen-bond donors (Lipinski definition) is 1. The molecule has 2 rings (SSSR count). The highest BCUT2D eigenvalue weighted by Crippen LogP contribution is 2.04. The second-order valence-corrected chi connectivity index (χ2v) is 5.89. The van der Waals surface area contributed by atoms with Crippen molar-refractivity contribution in [2.45, 2.75) is 33.7 Å². The van der Waals surface area contributed by atoms with Crippen molar-refractivity contribution in [1.29, 1.82) is 0 Å². The lowest BCUT2D eigenvalue weighted by atomic mass is 10.1. The lowest BCUT2D eigenvalue weighted by Gasteiger charge is -2.28. The summed E-state index contributed by atoms with van der Waals surface area (Å²) in [6.07, 6.45) is 0.861. The standard InChI is InChI=1S/C15H27N5O2/c1-12(11-19-7-9-22-10-8-19)15(21)16-5-4-6-20-14(3)17-13(2)18-20/h12H,4-11H2,1-3H3,(H,16,21). The van der Waals surface area contributed by atoms with Crippen LogP contribution in [-0.2, 0) is 16.1 Å². The van der Waals surface area contributed by atoms with E-state index in [1.165, 1.54) is 0 Å². The summed E-state index contributed by atoms with van der Waals surface area (Å²) >= 11 is 0. The van der Waals surface area contributed by atoms with Crippen molar-refractivity contribution in [3.8, 4) is 0 Å². The third kappa shape index (κ3) is 5.06. The van der Waals surface area contributed by atoms with Gasteiger partial charge in [-0.15, -0.1) is 0 Å². The molecule has 7 heteroatoms. The van der Waals surface area contributed by atoms with Gasteiger partial charge in [-0.1, -0.05) is 6.92 Å². The van der Waals surface area contributed by atoms with Crippen molar-refractivity contribution in [2.75, 3.05) is 39.4 Å². The van der Waals surface area contributed by atoms with E-state index in [0.717, 1.165) is 57.5 Å². The van der Waals surface area contributed by atoms with E-state index in [1.807, 2.05) is 25.5 Å². The Morgan fingerprint density at radius 3 is 2.73 bits per heavy atom. The number of hydrogen-bond acceptors (Lipinski definition) is 5. The molecule has 1 N–H and O–H groups in total. The Morgan fingerprint density at radius 2 is 2.09 bits per heavy atom. The summed E-state index contributed by atoms with van der Waals surface area (Å²) in [5, 5.41) is 7.32. The minimum atomic E-state index is 0.00782. The molecular formula is C15H27N5O2. The van der Waals surface area contributed by atoms with Crippen LogP contribution in [0.1, 0.15) is 25.0 Å². The van der Waals surface area contributed by atoms with Gasteiger partial charge in [-0.05, 0) is 20.3 Å². The molecule has 0 aromatic carbocycles. The van der Waals surface area contributed by atoms with Gasteiger partial charge in [0.05, 0.1) is 13.2 Å². The number of nitrogens with zero attached hydrogens (tertiary/aromatic N) is 4.